The van der Waals surface area contributed by atoms with Crippen LogP contribution in [0.2, 0.25) is 0 Å². The maximum absolute atomic E-state index is 13.1. The fourth-order valence-corrected chi connectivity index (χ4v) is 3.48. The van der Waals surface area contributed by atoms with Crippen LogP contribution in [0.3, 0.4) is 0 Å². The molecule has 6 heteroatoms. The number of carboxylic acids is 1. The summed E-state index contributed by atoms with van der Waals surface area (Å²) < 4.78 is 10.8. The van der Waals surface area contributed by atoms with E-state index in [1.54, 1.807) is 4.90 Å². The largest absolute Gasteiger partial charge is 0.479 e. The summed E-state index contributed by atoms with van der Waals surface area (Å²) in [6.07, 6.45) is 1.61. The maximum atomic E-state index is 13.1. The van der Waals surface area contributed by atoms with Gasteiger partial charge in [-0.25, -0.2) is 4.79 Å². The van der Waals surface area contributed by atoms with Gasteiger partial charge in [-0.3, -0.25) is 4.79 Å². The van der Waals surface area contributed by atoms with Crippen molar-refractivity contribution in [3.63, 3.8) is 0 Å². The Labute approximate surface area is 141 Å². The minimum absolute atomic E-state index is 0.0406. The van der Waals surface area contributed by atoms with Gasteiger partial charge in [-0.1, -0.05) is 43.2 Å². The van der Waals surface area contributed by atoms with E-state index >= 15 is 0 Å². The number of rotatable bonds is 3. The number of ether oxygens (including phenoxy) is 2. The van der Waals surface area contributed by atoms with Crippen LogP contribution < -0.4 is 0 Å². The second-order valence-electron chi connectivity index (χ2n) is 6.23. The fourth-order valence-electron chi connectivity index (χ4n) is 3.48. The molecule has 24 heavy (non-hydrogen) atoms. The number of carboxylic acid groups (broad SMARTS) is 1. The molecule has 0 aliphatic carbocycles. The standard InChI is InChI=1S/C18H23NO5/c20-17(15-16(18(21)22)24-12-11-23-15)19-10-6-2-5-9-14(19)13-7-3-1-4-8-13/h1,3-4,7-8,14-16H,2,5-6,9-12H2,(H,21,22)/t14?,15-,16+/m0/s1. The predicted octanol–water partition coefficient (Wildman–Crippen LogP) is 2.00. The Morgan fingerprint density at radius 3 is 2.42 bits per heavy atom. The normalized spacial score (nSPS) is 28.2. The Morgan fingerprint density at radius 2 is 1.71 bits per heavy atom. The van der Waals surface area contributed by atoms with Crippen LogP contribution >= 0.6 is 0 Å². The van der Waals surface area contributed by atoms with E-state index in [1.165, 1.54) is 0 Å². The molecule has 3 atom stereocenters. The molecule has 0 saturated carbocycles. The first-order valence-corrected chi connectivity index (χ1v) is 8.50. The Bertz CT molecular complexity index is 576. The van der Waals surface area contributed by atoms with Crippen molar-refractivity contribution >= 4 is 11.9 Å². The zero-order valence-corrected chi connectivity index (χ0v) is 13.6. The molecule has 2 aliphatic rings. The lowest BCUT2D eigenvalue weighted by Gasteiger charge is -2.36. The number of hydrogen-bond donors (Lipinski definition) is 1. The minimum Gasteiger partial charge on any atom is -0.479 e. The van der Waals surface area contributed by atoms with Crippen LogP contribution in [-0.4, -0.2) is 53.8 Å². The predicted molar refractivity (Wildman–Crippen MR) is 86.5 cm³/mol. The van der Waals surface area contributed by atoms with Crippen molar-refractivity contribution < 1.29 is 24.2 Å². The molecule has 0 aromatic heterocycles. The zero-order valence-electron chi connectivity index (χ0n) is 13.6. The third kappa shape index (κ3) is 3.60. The number of carbonyl (C=O) groups is 2. The van der Waals surface area contributed by atoms with Crippen LogP contribution in [0.1, 0.15) is 37.3 Å². The average molecular weight is 333 g/mol. The topological polar surface area (TPSA) is 76.1 Å². The van der Waals surface area contributed by atoms with E-state index in [0.717, 1.165) is 31.2 Å². The number of nitrogens with zero attached hydrogens (tertiary/aromatic N) is 1. The SMILES string of the molecule is O=C(O)[C@@H]1OCCO[C@@H]1C(=O)N1CCCCCC1c1ccccc1. The molecule has 1 aromatic carbocycles. The average Bonchev–Trinajstić information content (AvgIpc) is 2.88. The highest BCUT2D eigenvalue weighted by atomic mass is 16.6. The molecule has 2 heterocycles. The molecular formula is C18H23NO5. The second kappa shape index (κ2) is 7.77. The monoisotopic (exact) mass is 333 g/mol. The number of amides is 1. The number of hydrogen-bond acceptors (Lipinski definition) is 4. The van der Waals surface area contributed by atoms with Gasteiger partial charge in [-0.15, -0.1) is 0 Å². The van der Waals surface area contributed by atoms with Gasteiger partial charge in [-0.2, -0.15) is 0 Å². The van der Waals surface area contributed by atoms with Gasteiger partial charge in [0, 0.05) is 6.54 Å². The molecule has 1 unspecified atom stereocenters. The van der Waals surface area contributed by atoms with Gasteiger partial charge >= 0.3 is 5.97 Å². The van der Waals surface area contributed by atoms with Crippen molar-refractivity contribution in [3.05, 3.63) is 35.9 Å². The molecule has 0 spiro atoms. The van der Waals surface area contributed by atoms with Gasteiger partial charge in [0.05, 0.1) is 19.3 Å². The van der Waals surface area contributed by atoms with Crippen molar-refractivity contribution in [3.8, 4) is 0 Å². The number of benzene rings is 1. The summed E-state index contributed by atoms with van der Waals surface area (Å²) in [5.41, 5.74) is 1.08. The van der Waals surface area contributed by atoms with Crippen molar-refractivity contribution in [2.45, 2.75) is 43.9 Å². The van der Waals surface area contributed by atoms with Gasteiger partial charge in [-0.05, 0) is 18.4 Å². The van der Waals surface area contributed by atoms with Crippen LogP contribution in [0.5, 0.6) is 0 Å². The van der Waals surface area contributed by atoms with Crippen LogP contribution in [-0.2, 0) is 19.1 Å². The summed E-state index contributed by atoms with van der Waals surface area (Å²) in [5, 5.41) is 9.32. The number of aliphatic carboxylic acids is 1. The molecule has 1 amide bonds. The first-order chi connectivity index (χ1) is 11.7. The third-order valence-electron chi connectivity index (χ3n) is 4.66. The molecule has 0 bridgehead atoms. The molecular weight excluding hydrogens is 310 g/mol. The van der Waals surface area contributed by atoms with Crippen molar-refractivity contribution in [2.24, 2.45) is 0 Å². The van der Waals surface area contributed by atoms with E-state index in [1.807, 2.05) is 30.3 Å². The maximum Gasteiger partial charge on any atom is 0.336 e. The van der Waals surface area contributed by atoms with Crippen molar-refractivity contribution in [1.82, 2.24) is 4.90 Å². The lowest BCUT2D eigenvalue weighted by Crippen LogP contribution is -2.53. The van der Waals surface area contributed by atoms with E-state index in [9.17, 15) is 14.7 Å². The Balaban J connectivity index is 1.85. The van der Waals surface area contributed by atoms with E-state index in [4.69, 9.17) is 9.47 Å². The summed E-state index contributed by atoms with van der Waals surface area (Å²) in [7, 11) is 0. The van der Waals surface area contributed by atoms with E-state index in [2.05, 4.69) is 0 Å². The highest BCUT2D eigenvalue weighted by Gasteiger charge is 2.42. The molecule has 2 fully saturated rings. The van der Waals surface area contributed by atoms with Gasteiger partial charge in [0.1, 0.15) is 0 Å². The Morgan fingerprint density at radius 1 is 1.00 bits per heavy atom. The molecule has 6 nitrogen and oxygen atoms in total. The molecule has 3 rings (SSSR count). The highest BCUT2D eigenvalue weighted by Crippen LogP contribution is 2.31. The van der Waals surface area contributed by atoms with Crippen molar-refractivity contribution in [1.29, 1.82) is 0 Å². The number of carbonyl (C=O) groups excluding carboxylic acids is 1. The number of likely N-dealkylation sites (tertiary alicyclic amines) is 1. The Kier molecular flexibility index (Phi) is 5.48. The summed E-state index contributed by atoms with van der Waals surface area (Å²) in [6.45, 7) is 1.05. The van der Waals surface area contributed by atoms with Crippen LogP contribution in [0, 0.1) is 0 Å². The lowest BCUT2D eigenvalue weighted by atomic mass is 10.00. The van der Waals surface area contributed by atoms with Crippen LogP contribution in [0.4, 0.5) is 0 Å². The first kappa shape index (κ1) is 16.9. The fraction of sp³-hybridized carbons (Fsp3) is 0.556. The van der Waals surface area contributed by atoms with Crippen LogP contribution in [0.25, 0.3) is 0 Å². The summed E-state index contributed by atoms with van der Waals surface area (Å²) in [4.78, 5) is 26.2. The summed E-state index contributed by atoms with van der Waals surface area (Å²) in [6, 6.07) is 9.87. The van der Waals surface area contributed by atoms with Crippen molar-refractivity contribution in [2.75, 3.05) is 19.8 Å². The smallest absolute Gasteiger partial charge is 0.336 e. The highest BCUT2D eigenvalue weighted by molar-refractivity contribution is 5.88. The van der Waals surface area contributed by atoms with Crippen LogP contribution in [0.15, 0.2) is 30.3 Å². The Hall–Kier alpha value is -1.92. The molecule has 0 radical (unpaired) electrons. The first-order valence-electron chi connectivity index (χ1n) is 8.50. The molecule has 130 valence electrons. The van der Waals surface area contributed by atoms with Gasteiger partial charge in [0.15, 0.2) is 12.2 Å². The van der Waals surface area contributed by atoms with E-state index < -0.39 is 18.2 Å². The molecule has 1 N–H and O–H groups in total. The van der Waals surface area contributed by atoms with Gasteiger partial charge in [0.2, 0.25) is 0 Å². The molecule has 2 saturated heterocycles. The van der Waals surface area contributed by atoms with E-state index in [-0.39, 0.29) is 25.2 Å². The van der Waals surface area contributed by atoms with Gasteiger partial charge < -0.3 is 19.5 Å². The quantitative estimate of drug-likeness (QED) is 0.915. The molecule has 2 aliphatic heterocycles. The minimum atomic E-state index is -1.23. The van der Waals surface area contributed by atoms with E-state index in [0.29, 0.717) is 6.54 Å². The lowest BCUT2D eigenvalue weighted by molar-refractivity contribution is -0.190. The zero-order chi connectivity index (χ0) is 16.9. The summed E-state index contributed by atoms with van der Waals surface area (Å²) in [5.74, 6) is -1.43. The molecule has 1 aromatic rings. The summed E-state index contributed by atoms with van der Waals surface area (Å²) >= 11 is 0. The van der Waals surface area contributed by atoms with Gasteiger partial charge in [0.25, 0.3) is 5.91 Å². The second-order valence-corrected chi connectivity index (χ2v) is 6.23. The third-order valence-corrected chi connectivity index (χ3v) is 4.66.